The summed E-state index contributed by atoms with van der Waals surface area (Å²) in [6.07, 6.45) is 7.03. The third-order valence-corrected chi connectivity index (χ3v) is 5.04. The van der Waals surface area contributed by atoms with Crippen LogP contribution in [0.1, 0.15) is 21.5 Å². The van der Waals surface area contributed by atoms with E-state index in [1.165, 1.54) is 19.3 Å². The van der Waals surface area contributed by atoms with Crippen LogP contribution in [0.25, 0.3) is 11.8 Å². The summed E-state index contributed by atoms with van der Waals surface area (Å²) in [7, 11) is 1.52. The molecule has 0 spiro atoms. The molecule has 0 saturated carbocycles. The predicted octanol–water partition coefficient (Wildman–Crippen LogP) is 6.24. The topological polar surface area (TPSA) is 40.5 Å². The van der Waals surface area contributed by atoms with Gasteiger partial charge in [-0.25, -0.2) is 8.78 Å². The summed E-state index contributed by atoms with van der Waals surface area (Å²) in [6.45, 7) is 0.0142. The van der Waals surface area contributed by atoms with E-state index in [4.69, 9.17) is 9.47 Å². The SMILES string of the molecule is COc1ccc(/C=C/C(=O)c2cccc(-n3cccc3)c2)cc1COc1ccc(F)cc1F. The molecule has 1 aromatic heterocycles. The van der Waals surface area contributed by atoms with Crippen LogP contribution in [0.15, 0.2) is 91.3 Å². The number of halogens is 2. The van der Waals surface area contributed by atoms with Crippen LogP contribution in [0.3, 0.4) is 0 Å². The summed E-state index contributed by atoms with van der Waals surface area (Å²) in [5.74, 6) is -1.09. The molecule has 0 aliphatic rings. The molecule has 0 aliphatic heterocycles. The molecule has 0 aliphatic carbocycles. The van der Waals surface area contributed by atoms with Crippen LogP contribution in [0.5, 0.6) is 11.5 Å². The number of hydrogen-bond acceptors (Lipinski definition) is 3. The number of carbonyl (C=O) groups is 1. The maximum atomic E-state index is 13.9. The van der Waals surface area contributed by atoms with Crippen molar-refractivity contribution in [3.63, 3.8) is 0 Å². The van der Waals surface area contributed by atoms with Gasteiger partial charge in [0.15, 0.2) is 17.3 Å². The van der Waals surface area contributed by atoms with Gasteiger partial charge in [0.1, 0.15) is 18.2 Å². The van der Waals surface area contributed by atoms with Crippen molar-refractivity contribution in [2.24, 2.45) is 0 Å². The lowest BCUT2D eigenvalue weighted by molar-refractivity contribution is 0.104. The molecule has 4 nitrogen and oxygen atoms in total. The molecule has 3 aromatic carbocycles. The number of benzene rings is 3. The molecule has 6 heteroatoms. The van der Waals surface area contributed by atoms with E-state index < -0.39 is 11.6 Å². The fourth-order valence-corrected chi connectivity index (χ4v) is 3.36. The van der Waals surface area contributed by atoms with Crippen molar-refractivity contribution in [2.45, 2.75) is 6.61 Å². The monoisotopic (exact) mass is 445 g/mol. The standard InChI is InChI=1S/C27H21F2NO3/c1-32-26-11-8-19(15-21(26)18-33-27-12-9-22(28)17-24(27)29)7-10-25(31)20-5-4-6-23(16-20)30-13-2-3-14-30/h2-17H,18H2,1H3/b10-7+. The number of hydrogen-bond donors (Lipinski definition) is 0. The van der Waals surface area contributed by atoms with Gasteiger partial charge in [-0.2, -0.15) is 0 Å². The summed E-state index contributed by atoms with van der Waals surface area (Å²) in [6, 6.07) is 19.7. The molecule has 0 bridgehead atoms. The van der Waals surface area contributed by atoms with E-state index in [9.17, 15) is 13.6 Å². The third kappa shape index (κ3) is 5.36. The minimum atomic E-state index is -0.780. The first kappa shape index (κ1) is 22.0. The molecule has 166 valence electrons. The van der Waals surface area contributed by atoms with Crippen LogP contribution < -0.4 is 9.47 Å². The molecule has 0 amide bonds. The van der Waals surface area contributed by atoms with Gasteiger partial charge in [-0.05, 0) is 60.2 Å². The van der Waals surface area contributed by atoms with E-state index in [0.717, 1.165) is 23.4 Å². The lowest BCUT2D eigenvalue weighted by Crippen LogP contribution is -2.01. The minimum absolute atomic E-state index is 0.0142. The van der Waals surface area contributed by atoms with E-state index in [-0.39, 0.29) is 18.1 Å². The van der Waals surface area contributed by atoms with E-state index >= 15 is 0 Å². The summed E-state index contributed by atoms with van der Waals surface area (Å²) in [4.78, 5) is 12.7. The normalized spacial score (nSPS) is 11.0. The number of ether oxygens (including phenoxy) is 2. The molecule has 0 fully saturated rings. The Kier molecular flexibility index (Phi) is 6.64. The average molecular weight is 445 g/mol. The van der Waals surface area contributed by atoms with Crippen LogP contribution >= 0.6 is 0 Å². The van der Waals surface area contributed by atoms with Gasteiger partial charge < -0.3 is 14.0 Å². The Hall–Kier alpha value is -4.19. The highest BCUT2D eigenvalue weighted by molar-refractivity contribution is 6.07. The van der Waals surface area contributed by atoms with Crippen molar-refractivity contribution < 1.29 is 23.0 Å². The van der Waals surface area contributed by atoms with Crippen molar-refractivity contribution in [3.05, 3.63) is 120 Å². The first-order valence-corrected chi connectivity index (χ1v) is 10.2. The molecular formula is C27H21F2NO3. The zero-order chi connectivity index (χ0) is 23.2. The largest absolute Gasteiger partial charge is 0.496 e. The van der Waals surface area contributed by atoms with Crippen molar-refractivity contribution in [1.29, 1.82) is 0 Å². The van der Waals surface area contributed by atoms with E-state index in [2.05, 4.69) is 0 Å². The zero-order valence-corrected chi connectivity index (χ0v) is 17.9. The van der Waals surface area contributed by atoms with Gasteiger partial charge in [-0.15, -0.1) is 0 Å². The molecular weight excluding hydrogens is 424 g/mol. The second-order valence-electron chi connectivity index (χ2n) is 7.27. The van der Waals surface area contributed by atoms with E-state index in [0.29, 0.717) is 16.9 Å². The smallest absolute Gasteiger partial charge is 0.185 e. The number of methoxy groups -OCH3 is 1. The van der Waals surface area contributed by atoms with Gasteiger partial charge in [0.05, 0.1) is 7.11 Å². The maximum absolute atomic E-state index is 13.9. The Bertz CT molecular complexity index is 1300. The van der Waals surface area contributed by atoms with Crippen molar-refractivity contribution >= 4 is 11.9 Å². The van der Waals surface area contributed by atoms with E-state index in [1.807, 2.05) is 47.3 Å². The van der Waals surface area contributed by atoms with Gasteiger partial charge >= 0.3 is 0 Å². The van der Waals surface area contributed by atoms with Crippen molar-refractivity contribution in [1.82, 2.24) is 4.57 Å². The number of rotatable bonds is 8. The molecule has 1 heterocycles. The molecule has 0 N–H and O–H groups in total. The predicted molar refractivity (Wildman–Crippen MR) is 123 cm³/mol. The third-order valence-electron chi connectivity index (χ3n) is 5.04. The summed E-state index contributed by atoms with van der Waals surface area (Å²) >= 11 is 0. The maximum Gasteiger partial charge on any atom is 0.185 e. The highest BCUT2D eigenvalue weighted by atomic mass is 19.1. The first-order valence-electron chi connectivity index (χ1n) is 10.2. The zero-order valence-electron chi connectivity index (χ0n) is 17.9. The van der Waals surface area contributed by atoms with Crippen LogP contribution in [0, 0.1) is 11.6 Å². The lowest BCUT2D eigenvalue weighted by atomic mass is 10.1. The van der Waals surface area contributed by atoms with Crippen LogP contribution in [0.2, 0.25) is 0 Å². The van der Waals surface area contributed by atoms with Gasteiger partial charge in [0, 0.05) is 35.3 Å². The second kappa shape index (κ2) is 9.96. The number of nitrogens with zero attached hydrogens (tertiary/aromatic N) is 1. The van der Waals surface area contributed by atoms with Crippen LogP contribution in [-0.4, -0.2) is 17.5 Å². The summed E-state index contributed by atoms with van der Waals surface area (Å²) < 4.78 is 39.7. The molecule has 4 rings (SSSR count). The Morgan fingerprint density at radius 2 is 1.73 bits per heavy atom. The summed E-state index contributed by atoms with van der Waals surface area (Å²) in [5, 5.41) is 0. The fourth-order valence-electron chi connectivity index (χ4n) is 3.36. The Balaban J connectivity index is 1.50. The molecule has 0 unspecified atom stereocenters. The van der Waals surface area contributed by atoms with Crippen molar-refractivity contribution in [2.75, 3.05) is 7.11 Å². The molecule has 33 heavy (non-hydrogen) atoms. The lowest BCUT2D eigenvalue weighted by Gasteiger charge is -2.12. The highest BCUT2D eigenvalue weighted by Gasteiger charge is 2.09. The average Bonchev–Trinajstić information content (AvgIpc) is 3.37. The fraction of sp³-hybridized carbons (Fsp3) is 0.0741. The Morgan fingerprint density at radius 1 is 0.939 bits per heavy atom. The Labute approximate surface area is 190 Å². The quantitative estimate of drug-likeness (QED) is 0.238. The molecule has 0 radical (unpaired) electrons. The number of aromatic nitrogens is 1. The molecule has 0 saturated heterocycles. The second-order valence-corrected chi connectivity index (χ2v) is 7.27. The number of ketones is 1. The highest BCUT2D eigenvalue weighted by Crippen LogP contribution is 2.25. The Morgan fingerprint density at radius 3 is 2.48 bits per heavy atom. The van der Waals surface area contributed by atoms with Gasteiger partial charge in [-0.3, -0.25) is 4.79 Å². The molecule has 0 atom stereocenters. The minimum Gasteiger partial charge on any atom is -0.496 e. The first-order chi connectivity index (χ1) is 16.0. The van der Waals surface area contributed by atoms with Crippen molar-refractivity contribution in [3.8, 4) is 17.2 Å². The molecule has 4 aromatic rings. The van der Waals surface area contributed by atoms with Gasteiger partial charge in [0.25, 0.3) is 0 Å². The van der Waals surface area contributed by atoms with Crippen LogP contribution in [0.4, 0.5) is 8.78 Å². The van der Waals surface area contributed by atoms with Gasteiger partial charge in [-0.1, -0.05) is 24.3 Å². The van der Waals surface area contributed by atoms with E-state index in [1.54, 1.807) is 30.3 Å². The summed E-state index contributed by atoms with van der Waals surface area (Å²) in [5.41, 5.74) is 2.88. The number of allylic oxidation sites excluding steroid dienone is 1. The number of carbonyl (C=O) groups excluding carboxylic acids is 1. The van der Waals surface area contributed by atoms with Crippen LogP contribution in [-0.2, 0) is 6.61 Å². The van der Waals surface area contributed by atoms with Gasteiger partial charge in [0.2, 0.25) is 0 Å².